The molecule has 152 valence electrons. The van der Waals surface area contributed by atoms with E-state index in [-0.39, 0.29) is 11.5 Å². The Kier molecular flexibility index (Phi) is 5.58. The number of carbonyl (C=O) groups is 1. The van der Waals surface area contributed by atoms with Crippen molar-refractivity contribution >= 4 is 28.5 Å². The molecule has 4 rings (SSSR count). The normalized spacial score (nSPS) is 11.0. The molecule has 0 fully saturated rings. The Balaban J connectivity index is 1.45. The first-order valence-corrected chi connectivity index (χ1v) is 9.75. The van der Waals surface area contributed by atoms with E-state index in [1.54, 1.807) is 21.4 Å². The van der Waals surface area contributed by atoms with Crippen molar-refractivity contribution in [3.8, 4) is 0 Å². The maximum absolute atomic E-state index is 12.8. The summed E-state index contributed by atoms with van der Waals surface area (Å²) < 4.78 is 3.17. The fourth-order valence-electron chi connectivity index (χ4n) is 3.05. The summed E-state index contributed by atoms with van der Waals surface area (Å²) in [5.74, 6) is -0.260. The summed E-state index contributed by atoms with van der Waals surface area (Å²) in [5.41, 5.74) is 2.95. The van der Waals surface area contributed by atoms with Gasteiger partial charge < -0.3 is 5.32 Å². The van der Waals surface area contributed by atoms with E-state index in [0.717, 1.165) is 5.56 Å². The summed E-state index contributed by atoms with van der Waals surface area (Å²) in [4.78, 5) is 33.2. The topological polar surface area (TPSA) is 94.7 Å². The molecule has 0 atom stereocenters. The van der Waals surface area contributed by atoms with Gasteiger partial charge in [-0.25, -0.2) is 14.6 Å². The highest BCUT2D eigenvalue weighted by molar-refractivity contribution is 6.29. The smallest absolute Gasteiger partial charge is 0.264 e. The number of hydrogen-bond acceptors (Lipinski definition) is 5. The van der Waals surface area contributed by atoms with E-state index < -0.39 is 0 Å². The van der Waals surface area contributed by atoms with Crippen molar-refractivity contribution < 1.29 is 4.79 Å². The number of nitrogens with zero attached hydrogens (tertiary/aromatic N) is 5. The third kappa shape index (κ3) is 4.23. The van der Waals surface area contributed by atoms with Crippen molar-refractivity contribution in [1.82, 2.24) is 29.6 Å². The lowest BCUT2D eigenvalue weighted by molar-refractivity contribution is 0.0951. The molecule has 8 nitrogen and oxygen atoms in total. The molecular formula is C21H19ClN6O2. The molecule has 1 aromatic carbocycles. The number of hydrogen-bond donors (Lipinski definition) is 1. The van der Waals surface area contributed by atoms with Gasteiger partial charge in [0.25, 0.3) is 11.5 Å². The van der Waals surface area contributed by atoms with E-state index >= 15 is 0 Å². The third-order valence-corrected chi connectivity index (χ3v) is 4.92. The first-order valence-electron chi connectivity index (χ1n) is 9.37. The second-order valence-corrected chi connectivity index (χ2v) is 7.28. The van der Waals surface area contributed by atoms with Gasteiger partial charge in [-0.05, 0) is 24.6 Å². The molecule has 1 amide bonds. The fourth-order valence-corrected chi connectivity index (χ4v) is 3.16. The highest BCUT2D eigenvalue weighted by Gasteiger charge is 2.11. The van der Waals surface area contributed by atoms with Crippen molar-refractivity contribution in [3.05, 3.63) is 87.3 Å². The van der Waals surface area contributed by atoms with Gasteiger partial charge >= 0.3 is 0 Å². The van der Waals surface area contributed by atoms with Gasteiger partial charge in [-0.3, -0.25) is 14.2 Å². The minimum absolute atomic E-state index is 0.150. The number of aryl methyl sites for hydroxylation is 1. The van der Waals surface area contributed by atoms with Crippen LogP contribution < -0.4 is 10.9 Å². The summed E-state index contributed by atoms with van der Waals surface area (Å²) in [6, 6.07) is 11.2. The Morgan fingerprint density at radius 3 is 2.63 bits per heavy atom. The van der Waals surface area contributed by atoms with Crippen molar-refractivity contribution in [2.45, 2.75) is 20.0 Å². The first kappa shape index (κ1) is 19.8. The lowest BCUT2D eigenvalue weighted by atomic mass is 10.1. The molecule has 3 aromatic heterocycles. The molecule has 0 aliphatic rings. The average molecular weight is 423 g/mol. The highest BCUT2D eigenvalue weighted by Crippen LogP contribution is 2.08. The zero-order valence-corrected chi connectivity index (χ0v) is 17.0. The van der Waals surface area contributed by atoms with Crippen molar-refractivity contribution in [2.75, 3.05) is 6.54 Å². The average Bonchev–Trinajstić information content (AvgIpc) is 3.16. The molecule has 3 heterocycles. The molecule has 0 spiro atoms. The van der Waals surface area contributed by atoms with Gasteiger partial charge in [0, 0.05) is 12.7 Å². The van der Waals surface area contributed by atoms with Crippen LogP contribution in [0.1, 0.15) is 21.5 Å². The molecule has 0 aliphatic heterocycles. The number of amides is 1. The maximum atomic E-state index is 12.8. The fraction of sp³-hybridized carbons (Fsp3) is 0.190. The van der Waals surface area contributed by atoms with E-state index in [4.69, 9.17) is 11.6 Å². The van der Waals surface area contributed by atoms with Gasteiger partial charge in [-0.15, -0.1) is 0 Å². The van der Waals surface area contributed by atoms with Gasteiger partial charge in [-0.2, -0.15) is 5.10 Å². The Morgan fingerprint density at radius 1 is 1.10 bits per heavy atom. The monoisotopic (exact) mass is 422 g/mol. The Hall–Kier alpha value is -3.52. The van der Waals surface area contributed by atoms with Gasteiger partial charge in [0.1, 0.15) is 16.9 Å². The maximum Gasteiger partial charge on any atom is 0.264 e. The van der Waals surface area contributed by atoms with E-state index in [0.29, 0.717) is 41.4 Å². The van der Waals surface area contributed by atoms with Crippen LogP contribution in [0, 0.1) is 6.92 Å². The number of pyridine rings is 1. The summed E-state index contributed by atoms with van der Waals surface area (Å²) in [6.07, 6.45) is 4.46. The van der Waals surface area contributed by atoms with Crippen LogP contribution in [0.4, 0.5) is 0 Å². The summed E-state index contributed by atoms with van der Waals surface area (Å²) in [5, 5.41) is 7.82. The predicted molar refractivity (Wildman–Crippen MR) is 114 cm³/mol. The van der Waals surface area contributed by atoms with Gasteiger partial charge in [0.15, 0.2) is 5.65 Å². The van der Waals surface area contributed by atoms with Crippen LogP contribution in [-0.2, 0) is 13.1 Å². The summed E-state index contributed by atoms with van der Waals surface area (Å²) in [6.45, 7) is 3.17. The third-order valence-electron chi connectivity index (χ3n) is 4.69. The van der Waals surface area contributed by atoms with Gasteiger partial charge in [0.05, 0.1) is 24.8 Å². The molecule has 0 aliphatic carbocycles. The van der Waals surface area contributed by atoms with E-state index in [1.807, 2.05) is 31.2 Å². The largest absolute Gasteiger partial charge is 0.350 e. The van der Waals surface area contributed by atoms with E-state index in [1.165, 1.54) is 24.3 Å². The highest BCUT2D eigenvalue weighted by atomic mass is 35.5. The SMILES string of the molecule is Cc1ccc(Cn2cnc3c(cnn3CCNC(=O)c3ccc(Cl)nc3)c2=O)cc1. The summed E-state index contributed by atoms with van der Waals surface area (Å²) in [7, 11) is 0. The van der Waals surface area contributed by atoms with E-state index in [2.05, 4.69) is 20.4 Å². The van der Waals surface area contributed by atoms with E-state index in [9.17, 15) is 9.59 Å². The van der Waals surface area contributed by atoms with Crippen LogP contribution in [-0.4, -0.2) is 36.8 Å². The van der Waals surface area contributed by atoms with Crippen LogP contribution in [0.15, 0.2) is 59.9 Å². The quantitative estimate of drug-likeness (QED) is 0.481. The molecule has 0 radical (unpaired) electrons. The number of nitrogens with one attached hydrogen (secondary N) is 1. The van der Waals surface area contributed by atoms with Crippen molar-refractivity contribution in [3.63, 3.8) is 0 Å². The predicted octanol–water partition coefficient (Wildman–Crippen LogP) is 2.43. The van der Waals surface area contributed by atoms with Gasteiger partial charge in [0.2, 0.25) is 0 Å². The van der Waals surface area contributed by atoms with Crippen molar-refractivity contribution in [1.29, 1.82) is 0 Å². The molecule has 1 N–H and O–H groups in total. The second kappa shape index (κ2) is 8.46. The number of fused-ring (bicyclic) bond motifs is 1. The Morgan fingerprint density at radius 2 is 1.90 bits per heavy atom. The number of halogens is 1. The van der Waals surface area contributed by atoms with Crippen molar-refractivity contribution in [2.24, 2.45) is 0 Å². The molecule has 30 heavy (non-hydrogen) atoms. The molecule has 0 saturated carbocycles. The van der Waals surface area contributed by atoms with Crippen LogP contribution in [0.5, 0.6) is 0 Å². The number of rotatable bonds is 6. The molecule has 0 unspecified atom stereocenters. The zero-order valence-electron chi connectivity index (χ0n) is 16.2. The van der Waals surface area contributed by atoms with Crippen LogP contribution in [0.2, 0.25) is 5.15 Å². The lowest BCUT2D eigenvalue weighted by Gasteiger charge is -2.08. The number of aromatic nitrogens is 5. The Labute approximate surface area is 177 Å². The van der Waals surface area contributed by atoms with Gasteiger partial charge in [-0.1, -0.05) is 41.4 Å². The minimum Gasteiger partial charge on any atom is -0.350 e. The molecular weight excluding hydrogens is 404 g/mol. The molecule has 9 heteroatoms. The lowest BCUT2D eigenvalue weighted by Crippen LogP contribution is -2.28. The molecule has 4 aromatic rings. The number of benzene rings is 1. The summed E-state index contributed by atoms with van der Waals surface area (Å²) >= 11 is 5.73. The molecule has 0 bridgehead atoms. The Bertz CT molecular complexity index is 1250. The molecule has 0 saturated heterocycles. The standard InChI is InChI=1S/C21H19ClN6O2/c1-14-2-4-15(5-3-14)12-27-13-25-19-17(21(27)30)11-26-28(19)9-8-23-20(29)16-6-7-18(22)24-10-16/h2-7,10-11,13H,8-9,12H2,1H3,(H,23,29). The van der Waals surface area contributed by atoms with Crippen LogP contribution in [0.25, 0.3) is 11.0 Å². The first-order chi connectivity index (χ1) is 14.5. The van der Waals surface area contributed by atoms with Crippen LogP contribution >= 0.6 is 11.6 Å². The number of carbonyl (C=O) groups excluding carboxylic acids is 1. The minimum atomic E-state index is -0.260. The zero-order chi connectivity index (χ0) is 21.1. The van der Waals surface area contributed by atoms with Crippen LogP contribution in [0.3, 0.4) is 0 Å². The second-order valence-electron chi connectivity index (χ2n) is 6.89.